The zero-order chi connectivity index (χ0) is 23.4. The summed E-state index contributed by atoms with van der Waals surface area (Å²) in [4.78, 5) is 14.5. The molecule has 0 aliphatic carbocycles. The normalized spacial score (nSPS) is 13.7. The van der Waals surface area contributed by atoms with Gasteiger partial charge in [0.1, 0.15) is 5.82 Å². The van der Waals surface area contributed by atoms with E-state index in [1.54, 1.807) is 18.2 Å². The number of nitrogens with zero attached hydrogens (tertiary/aromatic N) is 3. The van der Waals surface area contributed by atoms with Gasteiger partial charge in [0, 0.05) is 54.8 Å². The molecule has 2 heterocycles. The predicted molar refractivity (Wildman–Crippen MR) is 126 cm³/mol. The summed E-state index contributed by atoms with van der Waals surface area (Å²) in [7, 11) is 0. The van der Waals surface area contributed by atoms with E-state index in [1.165, 1.54) is 12.1 Å². The van der Waals surface area contributed by atoms with Crippen molar-refractivity contribution in [1.82, 2.24) is 20.4 Å². The first-order valence-electron chi connectivity index (χ1n) is 10.4. The summed E-state index contributed by atoms with van der Waals surface area (Å²) in [5, 5.41) is 11.7. The summed E-state index contributed by atoms with van der Waals surface area (Å²) in [6, 6.07) is 11.5. The molecule has 0 radical (unpaired) electrons. The van der Waals surface area contributed by atoms with Gasteiger partial charge >= 0.3 is 0 Å². The van der Waals surface area contributed by atoms with E-state index in [0.29, 0.717) is 40.7 Å². The Morgan fingerprint density at radius 1 is 1.12 bits per heavy atom. The van der Waals surface area contributed by atoms with Crippen molar-refractivity contribution in [2.45, 2.75) is 6.42 Å². The lowest BCUT2D eigenvalue weighted by atomic mass is 10.1. The van der Waals surface area contributed by atoms with Crippen LogP contribution in [0, 0.1) is 5.82 Å². The highest BCUT2D eigenvalue weighted by molar-refractivity contribution is 6.36. The molecular weight excluding hydrogens is 468 g/mol. The van der Waals surface area contributed by atoms with Crippen molar-refractivity contribution in [3.8, 4) is 17.0 Å². The van der Waals surface area contributed by atoms with Crippen LogP contribution in [0.5, 0.6) is 5.75 Å². The summed E-state index contributed by atoms with van der Waals surface area (Å²) in [5.74, 6) is -0.0715. The Kier molecular flexibility index (Phi) is 7.27. The van der Waals surface area contributed by atoms with Crippen LogP contribution in [0.25, 0.3) is 11.3 Å². The highest BCUT2D eigenvalue weighted by Gasteiger charge is 2.18. The minimum absolute atomic E-state index is 0.00475. The highest BCUT2D eigenvalue weighted by atomic mass is 35.5. The second-order valence-corrected chi connectivity index (χ2v) is 8.30. The van der Waals surface area contributed by atoms with Gasteiger partial charge in [0.2, 0.25) is 0 Å². The lowest BCUT2D eigenvalue weighted by Crippen LogP contribution is -2.46. The molecule has 1 aliphatic rings. The molecule has 7 nitrogen and oxygen atoms in total. The second kappa shape index (κ2) is 10.3. The fourth-order valence-corrected chi connectivity index (χ4v) is 4.10. The molecule has 172 valence electrons. The van der Waals surface area contributed by atoms with Crippen LogP contribution in [0.2, 0.25) is 10.0 Å². The minimum atomic E-state index is -0.540. The number of nitrogens with one attached hydrogen (secondary N) is 1. The summed E-state index contributed by atoms with van der Waals surface area (Å²) < 4.78 is 19.5. The van der Waals surface area contributed by atoms with Gasteiger partial charge in [0.05, 0.1) is 17.3 Å². The number of carbonyl (C=O) groups excluding carboxylic acids is 1. The van der Waals surface area contributed by atoms with Gasteiger partial charge in [0.25, 0.3) is 5.91 Å². The number of benzene rings is 2. The lowest BCUT2D eigenvalue weighted by molar-refractivity contribution is 0.0736. The van der Waals surface area contributed by atoms with E-state index < -0.39 is 5.82 Å². The third kappa shape index (κ3) is 5.35. The highest BCUT2D eigenvalue weighted by Crippen LogP contribution is 2.29. The predicted octanol–water partition coefficient (Wildman–Crippen LogP) is 3.84. The van der Waals surface area contributed by atoms with Crippen LogP contribution in [0.4, 0.5) is 10.2 Å². The number of nitrogens with two attached hydrogens (primary N) is 1. The fraction of sp³-hybridized carbons (Fsp3) is 0.261. The summed E-state index contributed by atoms with van der Waals surface area (Å²) in [5.41, 5.74) is 8.30. The van der Waals surface area contributed by atoms with E-state index >= 15 is 0 Å². The van der Waals surface area contributed by atoms with Gasteiger partial charge in [-0.3, -0.25) is 4.79 Å². The van der Waals surface area contributed by atoms with Crippen molar-refractivity contribution < 1.29 is 13.9 Å². The van der Waals surface area contributed by atoms with Crippen LogP contribution in [-0.4, -0.2) is 53.8 Å². The van der Waals surface area contributed by atoms with Crippen LogP contribution in [0.1, 0.15) is 15.9 Å². The number of hydrogen-bond acceptors (Lipinski definition) is 6. The van der Waals surface area contributed by atoms with Gasteiger partial charge in [-0.15, -0.1) is 10.2 Å². The summed E-state index contributed by atoms with van der Waals surface area (Å²) >= 11 is 12.1. The molecule has 33 heavy (non-hydrogen) atoms. The Morgan fingerprint density at radius 3 is 2.58 bits per heavy atom. The maximum atomic E-state index is 13.7. The van der Waals surface area contributed by atoms with Gasteiger partial charge in [0.15, 0.2) is 11.6 Å². The van der Waals surface area contributed by atoms with Gasteiger partial charge in [-0.1, -0.05) is 35.3 Å². The molecule has 1 fully saturated rings. The first kappa shape index (κ1) is 23.2. The number of amides is 1. The first-order chi connectivity index (χ1) is 15.9. The number of nitrogen functional groups attached to an aromatic ring is 1. The molecule has 0 saturated carbocycles. The quantitative estimate of drug-likeness (QED) is 0.511. The standard InChI is InChI=1S/C23H22Cl2FN5O2/c24-17-5-6-18(26)21(25)16(17)7-12-33-20-13-19(29-30-22(20)27)14-1-3-15(4-2-14)23(32)31-10-8-28-9-11-31/h1-6,13,28H,7-12H2,(H2,27,30). The van der Waals surface area contributed by atoms with Crippen molar-refractivity contribution in [3.63, 3.8) is 0 Å². The monoisotopic (exact) mass is 489 g/mol. The third-order valence-corrected chi connectivity index (χ3v) is 6.13. The maximum Gasteiger partial charge on any atom is 0.253 e. The molecule has 10 heteroatoms. The molecule has 1 amide bonds. The van der Waals surface area contributed by atoms with Crippen LogP contribution in [-0.2, 0) is 6.42 Å². The smallest absolute Gasteiger partial charge is 0.253 e. The van der Waals surface area contributed by atoms with Crippen LogP contribution in [0.3, 0.4) is 0 Å². The molecule has 0 unspecified atom stereocenters. The Morgan fingerprint density at radius 2 is 1.85 bits per heavy atom. The SMILES string of the molecule is Nc1nnc(-c2ccc(C(=O)N3CCNCC3)cc2)cc1OCCc1c(Cl)ccc(F)c1Cl. The molecule has 2 aromatic carbocycles. The average Bonchev–Trinajstić information content (AvgIpc) is 2.85. The molecule has 1 aromatic heterocycles. The molecule has 1 saturated heterocycles. The molecule has 3 N–H and O–H groups in total. The Bertz CT molecular complexity index is 1150. The van der Waals surface area contributed by atoms with Gasteiger partial charge in [-0.2, -0.15) is 0 Å². The maximum absolute atomic E-state index is 13.7. The number of rotatable bonds is 6. The van der Waals surface area contributed by atoms with Crippen molar-refractivity contribution >= 4 is 34.9 Å². The average molecular weight is 490 g/mol. The van der Waals surface area contributed by atoms with E-state index in [1.807, 2.05) is 17.0 Å². The van der Waals surface area contributed by atoms with E-state index in [2.05, 4.69) is 15.5 Å². The Balaban J connectivity index is 1.45. The zero-order valence-corrected chi connectivity index (χ0v) is 19.2. The second-order valence-electron chi connectivity index (χ2n) is 7.52. The molecule has 0 atom stereocenters. The van der Waals surface area contributed by atoms with Crippen LogP contribution < -0.4 is 15.8 Å². The third-order valence-electron chi connectivity index (χ3n) is 5.37. The van der Waals surface area contributed by atoms with E-state index in [0.717, 1.165) is 18.7 Å². The fourth-order valence-electron chi connectivity index (χ4n) is 3.54. The van der Waals surface area contributed by atoms with Crippen LogP contribution >= 0.6 is 23.2 Å². The number of carbonyl (C=O) groups is 1. The first-order valence-corrected chi connectivity index (χ1v) is 11.2. The number of halogens is 3. The summed E-state index contributed by atoms with van der Waals surface area (Å²) in [6.45, 7) is 3.14. The van der Waals surface area contributed by atoms with Crippen molar-refractivity contribution in [2.24, 2.45) is 0 Å². The van der Waals surface area contributed by atoms with Crippen molar-refractivity contribution in [2.75, 3.05) is 38.5 Å². The van der Waals surface area contributed by atoms with Crippen molar-refractivity contribution in [3.05, 3.63) is 69.5 Å². The Labute approximate surface area is 200 Å². The molecule has 0 bridgehead atoms. The lowest BCUT2D eigenvalue weighted by Gasteiger charge is -2.27. The van der Waals surface area contributed by atoms with E-state index in [4.69, 9.17) is 33.7 Å². The molecule has 4 rings (SSSR count). The topological polar surface area (TPSA) is 93.4 Å². The molecule has 1 aliphatic heterocycles. The van der Waals surface area contributed by atoms with Gasteiger partial charge in [-0.25, -0.2) is 4.39 Å². The number of ether oxygens (including phenoxy) is 1. The summed E-state index contributed by atoms with van der Waals surface area (Å²) in [6.07, 6.45) is 0.287. The number of anilines is 1. The van der Waals surface area contributed by atoms with Crippen molar-refractivity contribution in [1.29, 1.82) is 0 Å². The molecular formula is C23H22Cl2FN5O2. The minimum Gasteiger partial charge on any atom is -0.489 e. The van der Waals surface area contributed by atoms with Gasteiger partial charge in [-0.05, 0) is 29.8 Å². The zero-order valence-electron chi connectivity index (χ0n) is 17.7. The van der Waals surface area contributed by atoms with Gasteiger partial charge < -0.3 is 20.7 Å². The number of hydrogen-bond donors (Lipinski definition) is 2. The largest absolute Gasteiger partial charge is 0.489 e. The molecule has 0 spiro atoms. The van der Waals surface area contributed by atoms with E-state index in [-0.39, 0.29) is 29.8 Å². The Hall–Kier alpha value is -2.94. The molecule has 3 aromatic rings. The number of aromatic nitrogens is 2. The van der Waals surface area contributed by atoms with E-state index in [9.17, 15) is 9.18 Å². The van der Waals surface area contributed by atoms with Crippen LogP contribution in [0.15, 0.2) is 42.5 Å². The number of piperazine rings is 1.